The normalized spacial score (nSPS) is 11.9. The number of thiazole rings is 1. The van der Waals surface area contributed by atoms with Crippen molar-refractivity contribution in [2.24, 2.45) is 0 Å². The van der Waals surface area contributed by atoms with Crippen LogP contribution >= 0.6 is 11.3 Å². The van der Waals surface area contributed by atoms with Gasteiger partial charge >= 0.3 is 0 Å². The van der Waals surface area contributed by atoms with E-state index in [1.54, 1.807) is 30.0 Å². The van der Waals surface area contributed by atoms with Gasteiger partial charge < -0.3 is 13.8 Å². The van der Waals surface area contributed by atoms with E-state index in [2.05, 4.69) is 103 Å². The van der Waals surface area contributed by atoms with Crippen LogP contribution in [0, 0.1) is 6.92 Å². The Morgan fingerprint density at radius 3 is 1.57 bits per heavy atom. The van der Waals surface area contributed by atoms with E-state index < -0.39 is 0 Å². The summed E-state index contributed by atoms with van der Waals surface area (Å²) in [7, 11) is 0. The molecule has 0 aliphatic carbocycles. The molecular weight excluding hydrogens is 480 g/mol. The Morgan fingerprint density at radius 1 is 0.703 bits per heavy atom. The molecule has 37 heavy (non-hydrogen) atoms. The number of H-pyrrole nitrogens is 1. The van der Waals surface area contributed by atoms with E-state index in [0.717, 1.165) is 23.2 Å². The Kier molecular flexibility index (Phi) is 11.6. The summed E-state index contributed by atoms with van der Waals surface area (Å²) in [5, 5.41) is 3.23. The number of furan rings is 1. The lowest BCUT2D eigenvalue weighted by Gasteiger charge is -2.13. The summed E-state index contributed by atoms with van der Waals surface area (Å²) >= 11 is 1.72. The molecule has 0 unspecified atom stereocenters. The van der Waals surface area contributed by atoms with E-state index >= 15 is 0 Å². The molecule has 0 bridgehead atoms. The number of aryl methyl sites for hydroxylation is 1. The first kappa shape index (κ1) is 32.4. The molecule has 6 nitrogen and oxygen atoms in total. The van der Waals surface area contributed by atoms with Gasteiger partial charge in [0.1, 0.15) is 23.6 Å². The zero-order valence-electron chi connectivity index (χ0n) is 25.2. The van der Waals surface area contributed by atoms with Crippen molar-refractivity contribution < 1.29 is 8.83 Å². The van der Waals surface area contributed by atoms with E-state index in [-0.39, 0.29) is 21.7 Å². The van der Waals surface area contributed by atoms with Gasteiger partial charge in [-0.2, -0.15) is 0 Å². The number of aromatic nitrogens is 4. The highest BCUT2D eigenvalue weighted by molar-refractivity contribution is 7.09. The largest absolute Gasteiger partial charge is 0.466 e. The molecule has 0 aliphatic heterocycles. The van der Waals surface area contributed by atoms with Crippen LogP contribution in [0.5, 0.6) is 0 Å². The number of oxazole rings is 1. The number of nitrogens with zero attached hydrogens (tertiary/aromatic N) is 3. The van der Waals surface area contributed by atoms with Crippen molar-refractivity contribution in [3.05, 3.63) is 76.8 Å². The molecule has 0 aromatic carbocycles. The predicted octanol–water partition coefficient (Wildman–Crippen LogP) is 9.01. The highest BCUT2D eigenvalue weighted by atomic mass is 32.1. The molecule has 1 N–H and O–H groups in total. The van der Waals surface area contributed by atoms with Gasteiger partial charge in [-0.05, 0) is 19.1 Å². The summed E-state index contributed by atoms with van der Waals surface area (Å²) < 4.78 is 10.5. The van der Waals surface area contributed by atoms with E-state index in [1.165, 1.54) is 5.01 Å². The molecule has 0 saturated heterocycles. The maximum atomic E-state index is 5.45. The summed E-state index contributed by atoms with van der Waals surface area (Å²) in [6.45, 7) is 27.5. The van der Waals surface area contributed by atoms with Crippen LogP contribution in [-0.2, 0) is 21.7 Å². The van der Waals surface area contributed by atoms with E-state index in [0.29, 0.717) is 0 Å². The zero-order valence-corrected chi connectivity index (χ0v) is 26.0. The number of imidazole rings is 1. The number of nitrogens with one attached hydrogen (secondary N) is 1. The highest BCUT2D eigenvalue weighted by Crippen LogP contribution is 2.24. The molecule has 206 valence electrons. The predicted molar refractivity (Wildman–Crippen MR) is 155 cm³/mol. The summed E-state index contributed by atoms with van der Waals surface area (Å²) in [5.74, 6) is 3.89. The third kappa shape index (κ3) is 12.4. The van der Waals surface area contributed by atoms with Crippen LogP contribution < -0.4 is 0 Å². The Hall–Kier alpha value is -2.67. The Bertz CT molecular complexity index is 993. The SMILES string of the molecule is CC(C)(C)c1ncc[nH]1.CC(C)(C)c1ncco1.CC(C)(C)c1nccs1.Cc1ccc(C(C)(C)C)o1. The van der Waals surface area contributed by atoms with E-state index in [9.17, 15) is 0 Å². The number of hydrogen-bond donors (Lipinski definition) is 1. The minimum Gasteiger partial charge on any atom is -0.466 e. The molecular formula is C30H48N4O2S. The number of aromatic amines is 1. The van der Waals surface area contributed by atoms with Crippen LogP contribution in [0.25, 0.3) is 0 Å². The lowest BCUT2D eigenvalue weighted by Crippen LogP contribution is -2.12. The van der Waals surface area contributed by atoms with Crippen molar-refractivity contribution in [2.75, 3.05) is 0 Å². The lowest BCUT2D eigenvalue weighted by molar-refractivity contribution is 0.392. The van der Waals surface area contributed by atoms with Crippen LogP contribution in [0.1, 0.15) is 111 Å². The molecule has 0 spiro atoms. The van der Waals surface area contributed by atoms with Crippen molar-refractivity contribution in [3.8, 4) is 0 Å². The number of hydrogen-bond acceptors (Lipinski definition) is 6. The summed E-state index contributed by atoms with van der Waals surface area (Å²) in [6, 6.07) is 4.04. The van der Waals surface area contributed by atoms with Crippen LogP contribution in [0.2, 0.25) is 0 Å². The van der Waals surface area contributed by atoms with Gasteiger partial charge in [0.2, 0.25) is 0 Å². The highest BCUT2D eigenvalue weighted by Gasteiger charge is 2.18. The molecule has 0 radical (unpaired) electrons. The fourth-order valence-corrected chi connectivity index (χ4v) is 3.43. The number of rotatable bonds is 0. The molecule has 0 amide bonds. The second-order valence-electron chi connectivity index (χ2n) is 13.0. The topological polar surface area (TPSA) is 80.7 Å². The second-order valence-corrected chi connectivity index (χ2v) is 13.9. The molecule has 0 saturated carbocycles. The van der Waals surface area contributed by atoms with Gasteiger partial charge in [-0.3, -0.25) is 0 Å². The first-order valence-electron chi connectivity index (χ1n) is 12.7. The van der Waals surface area contributed by atoms with Gasteiger partial charge in [-0.15, -0.1) is 11.3 Å². The molecule has 4 rings (SSSR count). The van der Waals surface area contributed by atoms with Crippen LogP contribution in [0.4, 0.5) is 0 Å². The quantitative estimate of drug-likeness (QED) is 0.246. The van der Waals surface area contributed by atoms with Gasteiger partial charge in [-0.1, -0.05) is 83.1 Å². The molecule has 0 fully saturated rings. The first-order valence-corrected chi connectivity index (χ1v) is 13.6. The smallest absolute Gasteiger partial charge is 0.199 e. The Balaban J connectivity index is 0.000000247. The molecule has 0 aliphatic rings. The molecule has 4 aromatic heterocycles. The summed E-state index contributed by atoms with van der Waals surface area (Å²) in [5.41, 5.74) is 0.579. The summed E-state index contributed by atoms with van der Waals surface area (Å²) in [6.07, 6.45) is 8.74. The minimum atomic E-state index is 0.0451. The zero-order chi connectivity index (χ0) is 28.5. The van der Waals surface area contributed by atoms with Gasteiger partial charge in [0.25, 0.3) is 0 Å². The minimum absolute atomic E-state index is 0.0451. The van der Waals surface area contributed by atoms with Crippen molar-refractivity contribution in [3.63, 3.8) is 0 Å². The van der Waals surface area contributed by atoms with Crippen molar-refractivity contribution in [1.82, 2.24) is 19.9 Å². The molecule has 4 heterocycles. The van der Waals surface area contributed by atoms with Gasteiger partial charge in [0.05, 0.1) is 11.2 Å². The maximum Gasteiger partial charge on any atom is 0.199 e. The standard InChI is InChI=1S/C9H14O.C7H12N2.C7H11NO.C7H11NS/c1-7-5-6-8(10-7)9(2,3)4;3*1-7(2,3)6-8-4-5-9-6/h5-6H,1-4H3;4-5H,1-3H3,(H,8,9);2*4-5H,1-3H3. The van der Waals surface area contributed by atoms with Gasteiger partial charge in [0.15, 0.2) is 5.89 Å². The molecule has 0 atom stereocenters. The van der Waals surface area contributed by atoms with Crippen molar-refractivity contribution in [2.45, 2.75) is 112 Å². The van der Waals surface area contributed by atoms with E-state index in [4.69, 9.17) is 8.83 Å². The third-order valence-corrected chi connectivity index (χ3v) is 6.03. The maximum absolute atomic E-state index is 5.45. The monoisotopic (exact) mass is 528 g/mol. The average molecular weight is 529 g/mol. The fraction of sp³-hybridized carbons (Fsp3) is 0.567. The van der Waals surface area contributed by atoms with Gasteiger partial charge in [-0.25, -0.2) is 15.0 Å². The second kappa shape index (κ2) is 13.2. The van der Waals surface area contributed by atoms with Gasteiger partial charge in [0, 0.05) is 45.6 Å². The fourth-order valence-electron chi connectivity index (χ4n) is 2.70. The van der Waals surface area contributed by atoms with Crippen molar-refractivity contribution in [1.29, 1.82) is 0 Å². The molecule has 4 aromatic rings. The van der Waals surface area contributed by atoms with Crippen molar-refractivity contribution >= 4 is 11.3 Å². The third-order valence-electron chi connectivity index (χ3n) is 4.84. The molecule has 7 heteroatoms. The first-order chi connectivity index (χ1) is 16.8. The lowest BCUT2D eigenvalue weighted by atomic mass is 9.94. The van der Waals surface area contributed by atoms with Crippen LogP contribution in [-0.4, -0.2) is 19.9 Å². The van der Waals surface area contributed by atoms with Crippen LogP contribution in [0.3, 0.4) is 0 Å². The average Bonchev–Trinajstić information content (AvgIpc) is 3.56. The van der Waals surface area contributed by atoms with E-state index in [1.807, 2.05) is 36.8 Å². The van der Waals surface area contributed by atoms with Crippen LogP contribution in [0.15, 0.2) is 57.4 Å². The Morgan fingerprint density at radius 2 is 1.35 bits per heavy atom. The summed E-state index contributed by atoms with van der Waals surface area (Å²) in [4.78, 5) is 15.4. The Labute approximate surface area is 228 Å².